The van der Waals surface area contributed by atoms with Crippen molar-refractivity contribution in [2.24, 2.45) is 0 Å². The summed E-state index contributed by atoms with van der Waals surface area (Å²) in [6.45, 7) is 6.08. The summed E-state index contributed by atoms with van der Waals surface area (Å²) in [4.78, 5) is 26.9. The zero-order valence-corrected chi connectivity index (χ0v) is 17.1. The second-order valence-electron chi connectivity index (χ2n) is 7.14. The summed E-state index contributed by atoms with van der Waals surface area (Å²) >= 11 is -0.312. The Morgan fingerprint density at radius 1 is 1.24 bits per heavy atom. The molecule has 1 aliphatic carbocycles. The SMILES string of the molecule is COC(=O)C([Se]c1ccccc1)C(=O)N(C1C=CCCC1)C(C)(C)C. The number of carbonyl (C=O) groups is 2. The molecule has 0 saturated heterocycles. The van der Waals surface area contributed by atoms with Gasteiger partial charge in [-0.2, -0.15) is 0 Å². The minimum absolute atomic E-state index is 0.0416. The van der Waals surface area contributed by atoms with Gasteiger partial charge in [0.05, 0.1) is 0 Å². The molecule has 136 valence electrons. The molecule has 2 unspecified atom stereocenters. The summed E-state index contributed by atoms with van der Waals surface area (Å²) in [6, 6.07) is 9.77. The summed E-state index contributed by atoms with van der Waals surface area (Å²) < 4.78 is 5.99. The van der Waals surface area contributed by atoms with E-state index in [2.05, 4.69) is 12.2 Å². The van der Waals surface area contributed by atoms with Crippen molar-refractivity contribution in [2.45, 2.75) is 56.4 Å². The summed E-state index contributed by atoms with van der Waals surface area (Å²) in [6.07, 6.45) is 7.29. The van der Waals surface area contributed by atoms with E-state index in [9.17, 15) is 9.59 Å². The number of nitrogens with zero attached hydrogens (tertiary/aromatic N) is 1. The van der Waals surface area contributed by atoms with Gasteiger partial charge in [-0.15, -0.1) is 0 Å². The van der Waals surface area contributed by atoms with E-state index in [1.54, 1.807) is 0 Å². The van der Waals surface area contributed by atoms with Crippen LogP contribution in [0.5, 0.6) is 0 Å². The zero-order valence-electron chi connectivity index (χ0n) is 15.4. The normalized spacial score (nSPS) is 18.5. The first-order valence-electron chi connectivity index (χ1n) is 8.64. The molecule has 0 fully saturated rings. The Morgan fingerprint density at radius 3 is 2.44 bits per heavy atom. The predicted octanol–water partition coefficient (Wildman–Crippen LogP) is 2.71. The Kier molecular flexibility index (Phi) is 6.86. The average Bonchev–Trinajstić information content (AvgIpc) is 2.59. The van der Waals surface area contributed by atoms with Gasteiger partial charge in [-0.3, -0.25) is 0 Å². The second kappa shape index (κ2) is 8.68. The molecule has 0 saturated carbocycles. The van der Waals surface area contributed by atoms with Crippen LogP contribution in [0, 0.1) is 0 Å². The molecule has 0 aliphatic heterocycles. The molecule has 5 heteroatoms. The quantitative estimate of drug-likeness (QED) is 0.326. The van der Waals surface area contributed by atoms with E-state index in [0.717, 1.165) is 23.7 Å². The van der Waals surface area contributed by atoms with Crippen LogP contribution in [0.3, 0.4) is 0 Å². The predicted molar refractivity (Wildman–Crippen MR) is 101 cm³/mol. The third-order valence-corrected chi connectivity index (χ3v) is 6.62. The van der Waals surface area contributed by atoms with Gasteiger partial charge < -0.3 is 0 Å². The maximum absolute atomic E-state index is 13.4. The van der Waals surface area contributed by atoms with Gasteiger partial charge in [0.1, 0.15) is 0 Å². The molecule has 0 aromatic heterocycles. The van der Waals surface area contributed by atoms with Crippen LogP contribution >= 0.6 is 0 Å². The Bertz CT molecular complexity index is 622. The molecule has 0 heterocycles. The molecule has 0 bridgehead atoms. The van der Waals surface area contributed by atoms with Crippen molar-refractivity contribution in [1.29, 1.82) is 0 Å². The van der Waals surface area contributed by atoms with E-state index in [4.69, 9.17) is 4.74 Å². The van der Waals surface area contributed by atoms with E-state index in [1.165, 1.54) is 7.11 Å². The van der Waals surface area contributed by atoms with E-state index in [0.29, 0.717) is 0 Å². The Labute approximate surface area is 156 Å². The van der Waals surface area contributed by atoms with Crippen molar-refractivity contribution >= 4 is 31.3 Å². The van der Waals surface area contributed by atoms with Crippen LogP contribution in [0.2, 0.25) is 4.82 Å². The monoisotopic (exact) mass is 409 g/mol. The third kappa shape index (κ3) is 5.19. The van der Waals surface area contributed by atoms with Crippen LogP contribution in [0.1, 0.15) is 40.0 Å². The van der Waals surface area contributed by atoms with Gasteiger partial charge in [0.25, 0.3) is 0 Å². The van der Waals surface area contributed by atoms with Crippen molar-refractivity contribution in [3.63, 3.8) is 0 Å². The molecule has 0 N–H and O–H groups in total. The Balaban J connectivity index is 2.32. The molecule has 4 nitrogen and oxygen atoms in total. The molecule has 2 atom stereocenters. The van der Waals surface area contributed by atoms with Crippen LogP contribution in [0.4, 0.5) is 0 Å². The van der Waals surface area contributed by atoms with Gasteiger partial charge in [0.15, 0.2) is 0 Å². The van der Waals surface area contributed by atoms with Gasteiger partial charge >= 0.3 is 157 Å². The fourth-order valence-electron chi connectivity index (χ4n) is 3.07. The molecular formula is C20H27NO3Se. The number of allylic oxidation sites excluding steroid dienone is 1. The number of carbonyl (C=O) groups excluding carboxylic acids is 2. The van der Waals surface area contributed by atoms with Crippen molar-refractivity contribution in [2.75, 3.05) is 7.11 Å². The second-order valence-corrected chi connectivity index (χ2v) is 9.61. The van der Waals surface area contributed by atoms with Crippen LogP contribution in [-0.4, -0.2) is 50.4 Å². The first-order valence-corrected chi connectivity index (χ1v) is 10.5. The van der Waals surface area contributed by atoms with E-state index in [1.807, 2.05) is 56.0 Å². The van der Waals surface area contributed by atoms with Gasteiger partial charge in [0.2, 0.25) is 0 Å². The molecule has 1 amide bonds. The molecule has 25 heavy (non-hydrogen) atoms. The topological polar surface area (TPSA) is 46.6 Å². The summed E-state index contributed by atoms with van der Waals surface area (Å²) in [5, 5.41) is 0. The standard InChI is InChI=1S/C20H27NO3Se/c1-20(2,3)21(15-11-7-5-8-12-15)18(22)17(19(23)24-4)25-16-13-9-6-10-14-16/h6-7,9-11,13-15,17H,5,8,12H2,1-4H3. The molecule has 0 radical (unpaired) electrons. The first kappa shape index (κ1) is 19.7. The number of hydrogen-bond acceptors (Lipinski definition) is 3. The fourth-order valence-corrected chi connectivity index (χ4v) is 5.15. The molecule has 1 aliphatic rings. The van der Waals surface area contributed by atoms with Gasteiger partial charge in [-0.05, 0) is 0 Å². The average molecular weight is 408 g/mol. The minimum atomic E-state index is -0.755. The first-order chi connectivity index (χ1) is 11.8. The van der Waals surface area contributed by atoms with Crippen LogP contribution < -0.4 is 4.46 Å². The number of rotatable bonds is 5. The Hall–Kier alpha value is -1.58. The molecule has 1 aromatic rings. The maximum atomic E-state index is 13.4. The van der Waals surface area contributed by atoms with Gasteiger partial charge in [-0.25, -0.2) is 0 Å². The van der Waals surface area contributed by atoms with Crippen molar-refractivity contribution < 1.29 is 14.3 Å². The number of benzene rings is 1. The van der Waals surface area contributed by atoms with E-state index >= 15 is 0 Å². The van der Waals surface area contributed by atoms with Crippen molar-refractivity contribution in [1.82, 2.24) is 4.90 Å². The van der Waals surface area contributed by atoms with Gasteiger partial charge in [0, 0.05) is 0 Å². The van der Waals surface area contributed by atoms with Crippen molar-refractivity contribution in [3.8, 4) is 0 Å². The third-order valence-electron chi connectivity index (χ3n) is 4.16. The summed E-state index contributed by atoms with van der Waals surface area (Å²) in [5.41, 5.74) is -0.359. The molecular weight excluding hydrogens is 381 g/mol. The number of hydrogen-bond donors (Lipinski definition) is 0. The zero-order chi connectivity index (χ0) is 18.4. The number of amides is 1. The van der Waals surface area contributed by atoms with Crippen molar-refractivity contribution in [3.05, 3.63) is 42.5 Å². The van der Waals surface area contributed by atoms with E-state index < -0.39 is 10.8 Å². The summed E-state index contributed by atoms with van der Waals surface area (Å²) in [7, 11) is 1.35. The fraction of sp³-hybridized carbons (Fsp3) is 0.500. The van der Waals surface area contributed by atoms with Crippen LogP contribution in [-0.2, 0) is 14.3 Å². The number of ether oxygens (including phenoxy) is 1. The Morgan fingerprint density at radius 2 is 1.92 bits per heavy atom. The number of esters is 1. The van der Waals surface area contributed by atoms with Crippen LogP contribution in [0.25, 0.3) is 0 Å². The molecule has 1 aromatic carbocycles. The summed E-state index contributed by atoms with van der Waals surface area (Å²) in [5.74, 6) is -0.567. The van der Waals surface area contributed by atoms with Crippen LogP contribution in [0.15, 0.2) is 42.5 Å². The molecule has 2 rings (SSSR count). The van der Waals surface area contributed by atoms with Gasteiger partial charge in [-0.1, -0.05) is 0 Å². The molecule has 0 spiro atoms. The number of methoxy groups -OCH3 is 1. The van der Waals surface area contributed by atoms with E-state index in [-0.39, 0.29) is 32.4 Å².